The Balaban J connectivity index is 2.20. The molecule has 0 N–H and O–H groups in total. The van der Waals surface area contributed by atoms with Crippen LogP contribution in [0.15, 0.2) is 56.0 Å². The van der Waals surface area contributed by atoms with Crippen LogP contribution in [0.4, 0.5) is 0 Å². The van der Waals surface area contributed by atoms with Crippen molar-refractivity contribution in [1.29, 1.82) is 0 Å². The van der Waals surface area contributed by atoms with E-state index in [2.05, 4.69) is 64.1 Å². The van der Waals surface area contributed by atoms with E-state index in [0.29, 0.717) is 0 Å². The van der Waals surface area contributed by atoms with Crippen LogP contribution in [0.5, 0.6) is 0 Å². The maximum atomic E-state index is 2.39. The van der Waals surface area contributed by atoms with Gasteiger partial charge in [-0.15, -0.1) is 23.5 Å². The molecule has 0 aliphatic rings. The van der Waals surface area contributed by atoms with Crippen molar-refractivity contribution in [2.24, 2.45) is 0 Å². The molecule has 2 aromatic carbocycles. The van der Waals surface area contributed by atoms with Gasteiger partial charge in [-0.25, -0.2) is 0 Å². The number of hydrogen-bond acceptors (Lipinski definition) is 3. The Hall–Kier alpha value is -0.510. The van der Waals surface area contributed by atoms with Crippen LogP contribution in [0.3, 0.4) is 0 Å². The summed E-state index contributed by atoms with van der Waals surface area (Å²) in [5, 5.41) is 0. The fourth-order valence-electron chi connectivity index (χ4n) is 2.60. The predicted molar refractivity (Wildman–Crippen MR) is 118 cm³/mol. The highest BCUT2D eigenvalue weighted by molar-refractivity contribution is 8.00. The third kappa shape index (κ3) is 6.30. The molecular weight excluding hydrogens is 360 g/mol. The van der Waals surface area contributed by atoms with E-state index in [0.717, 1.165) is 12.8 Å². The zero-order valence-corrected chi connectivity index (χ0v) is 18.4. The van der Waals surface area contributed by atoms with Gasteiger partial charge in [-0.3, -0.25) is 0 Å². The monoisotopic (exact) mass is 390 g/mol. The van der Waals surface area contributed by atoms with Gasteiger partial charge in [0.25, 0.3) is 0 Å². The highest BCUT2D eigenvalue weighted by Crippen LogP contribution is 2.37. The van der Waals surface area contributed by atoms with Crippen molar-refractivity contribution in [2.75, 3.05) is 11.5 Å². The first-order valence-electron chi connectivity index (χ1n) is 9.41. The summed E-state index contributed by atoms with van der Waals surface area (Å²) in [4.78, 5) is 5.63. The maximum absolute atomic E-state index is 2.39. The lowest BCUT2D eigenvalue weighted by Gasteiger charge is -2.13. The summed E-state index contributed by atoms with van der Waals surface area (Å²) >= 11 is 5.88. The van der Waals surface area contributed by atoms with Crippen LogP contribution < -0.4 is 0 Å². The van der Waals surface area contributed by atoms with E-state index in [-0.39, 0.29) is 0 Å². The lowest BCUT2D eigenvalue weighted by atomic mass is 10.2. The van der Waals surface area contributed by atoms with E-state index in [4.69, 9.17) is 0 Å². The first-order chi connectivity index (χ1) is 12.2. The summed E-state index contributed by atoms with van der Waals surface area (Å²) in [7, 11) is 0. The minimum absolute atomic E-state index is 1.09. The molecule has 0 unspecified atom stereocenters. The Morgan fingerprint density at radius 3 is 1.44 bits per heavy atom. The summed E-state index contributed by atoms with van der Waals surface area (Å²) < 4.78 is 0. The summed E-state index contributed by atoms with van der Waals surface area (Å²) in [5.41, 5.74) is 2.94. The first-order valence-corrected chi connectivity index (χ1v) is 12.2. The average Bonchev–Trinajstić information content (AvgIpc) is 2.66. The van der Waals surface area contributed by atoms with Gasteiger partial charge in [-0.1, -0.05) is 39.5 Å². The second-order valence-electron chi connectivity index (χ2n) is 6.05. The molecule has 0 bridgehead atoms. The SMILES string of the molecule is CCCSc1ccc(Sc2ccc(SCCC)cc2CC)c(CC)c1. The molecule has 0 fully saturated rings. The molecule has 0 saturated carbocycles. The number of benzene rings is 2. The second-order valence-corrected chi connectivity index (χ2v) is 9.47. The normalized spacial score (nSPS) is 11.0. The molecule has 0 heterocycles. The minimum atomic E-state index is 1.09. The molecule has 0 nitrogen and oxygen atoms in total. The third-order valence-electron chi connectivity index (χ3n) is 3.99. The van der Waals surface area contributed by atoms with Crippen LogP contribution in [0.1, 0.15) is 51.7 Å². The van der Waals surface area contributed by atoms with E-state index in [9.17, 15) is 0 Å². The number of aryl methyl sites for hydroxylation is 2. The lowest BCUT2D eigenvalue weighted by molar-refractivity contribution is 1.04. The largest absolute Gasteiger partial charge is 0.126 e. The van der Waals surface area contributed by atoms with Crippen molar-refractivity contribution in [3.8, 4) is 0 Å². The first kappa shape index (κ1) is 20.8. The zero-order chi connectivity index (χ0) is 18.1. The van der Waals surface area contributed by atoms with Crippen molar-refractivity contribution >= 4 is 35.3 Å². The van der Waals surface area contributed by atoms with Crippen LogP contribution in [0.2, 0.25) is 0 Å². The van der Waals surface area contributed by atoms with Gasteiger partial charge in [0.15, 0.2) is 0 Å². The molecule has 0 atom stereocenters. The number of thioether (sulfide) groups is 2. The highest BCUT2D eigenvalue weighted by Gasteiger charge is 2.09. The molecule has 0 aliphatic carbocycles. The van der Waals surface area contributed by atoms with Gasteiger partial charge in [-0.2, -0.15) is 0 Å². The van der Waals surface area contributed by atoms with Crippen molar-refractivity contribution in [1.82, 2.24) is 0 Å². The highest BCUT2D eigenvalue weighted by atomic mass is 32.2. The zero-order valence-electron chi connectivity index (χ0n) is 15.9. The second kappa shape index (κ2) is 11.3. The van der Waals surface area contributed by atoms with Gasteiger partial charge >= 0.3 is 0 Å². The van der Waals surface area contributed by atoms with E-state index in [1.165, 1.54) is 55.1 Å². The summed E-state index contributed by atoms with van der Waals surface area (Å²) in [6.45, 7) is 9.01. The fraction of sp³-hybridized carbons (Fsp3) is 0.455. The van der Waals surface area contributed by atoms with Crippen LogP contribution in [-0.2, 0) is 12.8 Å². The van der Waals surface area contributed by atoms with Crippen LogP contribution in [0, 0.1) is 0 Å². The van der Waals surface area contributed by atoms with E-state index < -0.39 is 0 Å². The predicted octanol–water partition coefficient (Wildman–Crippen LogP) is 7.97. The molecule has 25 heavy (non-hydrogen) atoms. The molecule has 136 valence electrons. The average molecular weight is 391 g/mol. The molecule has 2 rings (SSSR count). The summed E-state index contributed by atoms with van der Waals surface area (Å²) in [6.07, 6.45) is 4.64. The van der Waals surface area contributed by atoms with Crippen molar-refractivity contribution in [2.45, 2.75) is 73.0 Å². The maximum Gasteiger partial charge on any atom is 0.0155 e. The molecule has 2 aromatic rings. The fourth-order valence-corrected chi connectivity index (χ4v) is 5.44. The van der Waals surface area contributed by atoms with Crippen molar-refractivity contribution in [3.05, 3.63) is 47.5 Å². The van der Waals surface area contributed by atoms with Gasteiger partial charge in [0.05, 0.1) is 0 Å². The van der Waals surface area contributed by atoms with E-state index in [1.807, 2.05) is 35.3 Å². The molecular formula is C22H30S3. The van der Waals surface area contributed by atoms with Gasteiger partial charge in [-0.05, 0) is 84.7 Å². The van der Waals surface area contributed by atoms with Gasteiger partial charge in [0.1, 0.15) is 0 Å². The Labute approximate surface area is 167 Å². The third-order valence-corrected chi connectivity index (χ3v) is 7.63. The van der Waals surface area contributed by atoms with Crippen LogP contribution in [0.25, 0.3) is 0 Å². The Morgan fingerprint density at radius 1 is 0.640 bits per heavy atom. The van der Waals surface area contributed by atoms with Crippen LogP contribution >= 0.6 is 35.3 Å². The molecule has 0 spiro atoms. The smallest absolute Gasteiger partial charge is 0.0155 e. The molecule has 0 radical (unpaired) electrons. The minimum Gasteiger partial charge on any atom is -0.126 e. The summed E-state index contributed by atoms with van der Waals surface area (Å²) in [6, 6.07) is 14.0. The Morgan fingerprint density at radius 2 is 1.08 bits per heavy atom. The molecule has 0 aromatic heterocycles. The summed E-state index contributed by atoms with van der Waals surface area (Å²) in [5.74, 6) is 2.40. The molecule has 0 amide bonds. The number of hydrogen-bond donors (Lipinski definition) is 0. The van der Waals surface area contributed by atoms with E-state index >= 15 is 0 Å². The number of rotatable bonds is 10. The lowest BCUT2D eigenvalue weighted by Crippen LogP contribution is -1.91. The topological polar surface area (TPSA) is 0 Å². The van der Waals surface area contributed by atoms with Crippen molar-refractivity contribution < 1.29 is 0 Å². The van der Waals surface area contributed by atoms with Gasteiger partial charge in [0, 0.05) is 19.6 Å². The molecule has 0 saturated heterocycles. The van der Waals surface area contributed by atoms with Gasteiger partial charge in [0.2, 0.25) is 0 Å². The quantitative estimate of drug-likeness (QED) is 0.377. The Kier molecular flexibility index (Phi) is 9.36. The van der Waals surface area contributed by atoms with Crippen molar-refractivity contribution in [3.63, 3.8) is 0 Å². The molecule has 3 heteroatoms. The van der Waals surface area contributed by atoms with Crippen LogP contribution in [-0.4, -0.2) is 11.5 Å². The van der Waals surface area contributed by atoms with E-state index in [1.54, 1.807) is 0 Å². The van der Waals surface area contributed by atoms with Gasteiger partial charge < -0.3 is 0 Å². The standard InChI is InChI=1S/C22H30S3/c1-5-13-23-19-9-11-21(17(7-3)15-19)25-22-12-10-20(24-14-6-2)16-18(22)8-4/h9-12,15-16H,5-8,13-14H2,1-4H3. The Bertz CT molecular complexity index is 607. The molecule has 0 aliphatic heterocycles.